The molecule has 40 heavy (non-hydrogen) atoms. The molecular weight excluding hydrogens is 506 g/mol. The Labute approximate surface area is 236 Å². The largest absolute Gasteiger partial charge is 0.528 e. The van der Waals surface area contributed by atoms with E-state index in [-0.39, 0.29) is 23.9 Å². The molecule has 0 amide bonds. The summed E-state index contributed by atoms with van der Waals surface area (Å²) >= 11 is 0. The lowest BCUT2D eigenvalue weighted by Gasteiger charge is -2.37. The molecule has 1 heterocycles. The molecule has 1 aliphatic heterocycles. The number of ether oxygens (including phenoxy) is 3. The van der Waals surface area contributed by atoms with Gasteiger partial charge in [-0.2, -0.15) is 0 Å². The highest BCUT2D eigenvalue weighted by Gasteiger charge is 2.34. The predicted molar refractivity (Wildman–Crippen MR) is 153 cm³/mol. The smallest absolute Gasteiger partial charge is 0.465 e. The Hall–Kier alpha value is -3.42. The van der Waals surface area contributed by atoms with Crippen LogP contribution in [0.25, 0.3) is 10.8 Å². The minimum absolute atomic E-state index is 0.0663. The number of fused-ring (bicyclic) bond motifs is 1. The number of benzene rings is 3. The van der Waals surface area contributed by atoms with Crippen LogP contribution in [0.2, 0.25) is 0 Å². The van der Waals surface area contributed by atoms with E-state index >= 15 is 0 Å². The van der Waals surface area contributed by atoms with Gasteiger partial charge < -0.3 is 19.0 Å². The lowest BCUT2D eigenvalue weighted by Crippen LogP contribution is -2.45. The van der Waals surface area contributed by atoms with Crippen LogP contribution in [0.4, 0.5) is 4.79 Å². The number of hydrogen-bond acceptors (Lipinski definition) is 7. The summed E-state index contributed by atoms with van der Waals surface area (Å²) in [5.74, 6) is 0.197. The van der Waals surface area contributed by atoms with Crippen molar-refractivity contribution < 1.29 is 28.6 Å². The molecule has 2 fully saturated rings. The number of hydroxylamine groups is 2. The van der Waals surface area contributed by atoms with Crippen LogP contribution < -0.4 is 0 Å². The first kappa shape index (κ1) is 28.1. The van der Waals surface area contributed by atoms with Gasteiger partial charge in [-0.1, -0.05) is 60.7 Å². The molecule has 3 aromatic carbocycles. The first-order chi connectivity index (χ1) is 19.2. The van der Waals surface area contributed by atoms with Crippen LogP contribution in [0, 0.1) is 5.92 Å². The maximum atomic E-state index is 12.3. The van der Waals surface area contributed by atoms with Crippen LogP contribution in [0.5, 0.6) is 0 Å². The van der Waals surface area contributed by atoms with Crippen LogP contribution in [0.15, 0.2) is 66.7 Å². The molecule has 0 aromatic heterocycles. The zero-order valence-electron chi connectivity index (χ0n) is 23.6. The average Bonchev–Trinajstić information content (AvgIpc) is 3.77. The van der Waals surface area contributed by atoms with Crippen molar-refractivity contribution in [2.75, 3.05) is 19.7 Å². The predicted octanol–water partition coefficient (Wildman–Crippen LogP) is 6.58. The van der Waals surface area contributed by atoms with Gasteiger partial charge in [-0.05, 0) is 73.6 Å². The molecule has 7 nitrogen and oxygen atoms in total. The van der Waals surface area contributed by atoms with Crippen LogP contribution in [-0.2, 0) is 36.9 Å². The molecule has 1 saturated carbocycles. The van der Waals surface area contributed by atoms with Gasteiger partial charge >= 0.3 is 12.1 Å². The fourth-order valence-corrected chi connectivity index (χ4v) is 5.07. The van der Waals surface area contributed by atoms with E-state index in [1.165, 1.54) is 16.3 Å². The lowest BCUT2D eigenvalue weighted by atomic mass is 9.87. The summed E-state index contributed by atoms with van der Waals surface area (Å²) in [6, 6.07) is 23.1. The Morgan fingerprint density at radius 2 is 1.62 bits per heavy atom. The summed E-state index contributed by atoms with van der Waals surface area (Å²) in [5.41, 5.74) is 2.78. The van der Waals surface area contributed by atoms with Gasteiger partial charge in [-0.25, -0.2) is 4.79 Å². The van der Waals surface area contributed by atoms with E-state index in [9.17, 15) is 9.59 Å². The molecule has 3 aromatic rings. The van der Waals surface area contributed by atoms with E-state index in [0.29, 0.717) is 32.7 Å². The fourth-order valence-electron chi connectivity index (χ4n) is 5.07. The Balaban J connectivity index is 1.24. The van der Waals surface area contributed by atoms with Crippen molar-refractivity contribution in [3.8, 4) is 0 Å². The molecule has 2 unspecified atom stereocenters. The van der Waals surface area contributed by atoms with E-state index in [0.717, 1.165) is 30.4 Å². The first-order valence-corrected chi connectivity index (χ1v) is 14.2. The summed E-state index contributed by atoms with van der Waals surface area (Å²) in [4.78, 5) is 29.7. The number of carbonyl (C=O) groups excluding carboxylic acids is 2. The average molecular weight is 546 g/mol. The quantitative estimate of drug-likeness (QED) is 0.281. The second kappa shape index (κ2) is 12.4. The number of hydrogen-bond donors (Lipinski definition) is 0. The Bertz CT molecular complexity index is 1310. The van der Waals surface area contributed by atoms with Crippen LogP contribution in [0.3, 0.4) is 0 Å². The third kappa shape index (κ3) is 7.83. The zero-order valence-corrected chi connectivity index (χ0v) is 23.6. The third-order valence-electron chi connectivity index (χ3n) is 7.35. The fraction of sp³-hybridized carbons (Fsp3) is 0.455. The number of rotatable bonds is 9. The van der Waals surface area contributed by atoms with Crippen molar-refractivity contribution in [1.82, 2.24) is 5.06 Å². The normalized spacial score (nSPS) is 19.8. The standard InChI is InChI=1S/C33H39NO6/c1-33(2,3)39-32(36)40-34-18-16-29(26-12-8-23(9-13-26)17-19-37-31(35)27-14-15-27)30(21-34)38-22-24-10-11-25-6-4-5-7-28(25)20-24/h4-13,20,27,29-30H,14-19,21-22H2,1-3H3. The second-order valence-corrected chi connectivity index (χ2v) is 11.8. The number of piperidine rings is 1. The van der Waals surface area contributed by atoms with E-state index in [1.54, 1.807) is 5.06 Å². The highest BCUT2D eigenvalue weighted by atomic mass is 16.8. The molecule has 1 saturated heterocycles. The Morgan fingerprint density at radius 3 is 2.35 bits per heavy atom. The molecule has 2 aliphatic rings. The first-order valence-electron chi connectivity index (χ1n) is 14.2. The summed E-state index contributed by atoms with van der Waals surface area (Å²) < 4.78 is 17.3. The van der Waals surface area contributed by atoms with E-state index < -0.39 is 11.8 Å². The van der Waals surface area contributed by atoms with Crippen molar-refractivity contribution in [1.29, 1.82) is 0 Å². The Morgan fingerprint density at radius 1 is 0.900 bits per heavy atom. The van der Waals surface area contributed by atoms with Gasteiger partial charge in [0.05, 0.1) is 31.8 Å². The number of esters is 1. The van der Waals surface area contributed by atoms with Gasteiger partial charge in [-0.3, -0.25) is 4.79 Å². The maximum Gasteiger partial charge on any atom is 0.528 e. The molecule has 1 aliphatic carbocycles. The molecule has 0 N–H and O–H groups in total. The molecule has 7 heteroatoms. The van der Waals surface area contributed by atoms with Gasteiger partial charge in [0.2, 0.25) is 0 Å². The van der Waals surface area contributed by atoms with Crippen LogP contribution in [-0.4, -0.2) is 48.6 Å². The highest BCUT2D eigenvalue weighted by Crippen LogP contribution is 2.33. The van der Waals surface area contributed by atoms with Gasteiger partial charge in [0.25, 0.3) is 0 Å². The number of nitrogens with zero attached hydrogens (tertiary/aromatic N) is 1. The van der Waals surface area contributed by atoms with E-state index in [2.05, 4.69) is 54.6 Å². The summed E-state index contributed by atoms with van der Waals surface area (Å²) in [6.07, 6.45) is 2.49. The minimum Gasteiger partial charge on any atom is -0.465 e. The second-order valence-electron chi connectivity index (χ2n) is 11.8. The van der Waals surface area contributed by atoms with Crippen LogP contribution in [0.1, 0.15) is 62.6 Å². The monoisotopic (exact) mass is 545 g/mol. The molecule has 5 rings (SSSR count). The van der Waals surface area contributed by atoms with Crippen molar-refractivity contribution in [3.63, 3.8) is 0 Å². The molecule has 0 spiro atoms. The minimum atomic E-state index is -0.703. The van der Waals surface area contributed by atoms with Crippen molar-refractivity contribution in [2.24, 2.45) is 5.92 Å². The molecule has 0 radical (unpaired) electrons. The topological polar surface area (TPSA) is 74.3 Å². The van der Waals surface area contributed by atoms with E-state index in [4.69, 9.17) is 19.0 Å². The zero-order chi connectivity index (χ0) is 28.1. The third-order valence-corrected chi connectivity index (χ3v) is 7.35. The van der Waals surface area contributed by atoms with Crippen molar-refractivity contribution in [2.45, 2.75) is 70.7 Å². The molecule has 2 atom stereocenters. The number of carbonyl (C=O) groups is 2. The van der Waals surface area contributed by atoms with Crippen molar-refractivity contribution >= 4 is 22.9 Å². The summed E-state index contributed by atoms with van der Waals surface area (Å²) in [5, 5.41) is 4.02. The van der Waals surface area contributed by atoms with Gasteiger partial charge in [0.1, 0.15) is 5.60 Å². The Kier molecular flexibility index (Phi) is 8.72. The van der Waals surface area contributed by atoms with Crippen molar-refractivity contribution in [3.05, 3.63) is 83.4 Å². The highest BCUT2D eigenvalue weighted by molar-refractivity contribution is 5.82. The molecular formula is C33H39NO6. The molecule has 0 bridgehead atoms. The summed E-state index contributed by atoms with van der Waals surface area (Å²) in [6.45, 7) is 7.34. The SMILES string of the molecule is CC(C)(C)OC(=O)ON1CCC(c2ccc(CCOC(=O)C3CC3)cc2)C(OCc2ccc3ccccc3c2)C1. The molecule has 212 valence electrons. The van der Waals surface area contributed by atoms with Crippen LogP contribution >= 0.6 is 0 Å². The lowest BCUT2D eigenvalue weighted by molar-refractivity contribution is -0.179. The van der Waals surface area contributed by atoms with Gasteiger partial charge in [0.15, 0.2) is 0 Å². The van der Waals surface area contributed by atoms with E-state index in [1.807, 2.05) is 32.9 Å². The van der Waals surface area contributed by atoms with Gasteiger partial charge in [0, 0.05) is 18.9 Å². The summed E-state index contributed by atoms with van der Waals surface area (Å²) in [7, 11) is 0. The van der Waals surface area contributed by atoms with Gasteiger partial charge in [-0.15, -0.1) is 5.06 Å². The maximum absolute atomic E-state index is 12.3.